The molecule has 0 aliphatic heterocycles. The lowest BCUT2D eigenvalue weighted by Gasteiger charge is -2.14. The van der Waals surface area contributed by atoms with Crippen LogP contribution in [0.1, 0.15) is 54.1 Å². The van der Waals surface area contributed by atoms with Crippen LogP contribution in [0.2, 0.25) is 0 Å². The molecule has 28 heavy (non-hydrogen) atoms. The van der Waals surface area contributed by atoms with Gasteiger partial charge in [0.25, 0.3) is 0 Å². The summed E-state index contributed by atoms with van der Waals surface area (Å²) in [6.07, 6.45) is 3.76. The van der Waals surface area contributed by atoms with Gasteiger partial charge in [-0.15, -0.1) is 0 Å². The molecule has 2 rings (SSSR count). The second kappa shape index (κ2) is 9.71. The van der Waals surface area contributed by atoms with Crippen molar-refractivity contribution >= 4 is 15.8 Å². The Bertz CT molecular complexity index is 921. The van der Waals surface area contributed by atoms with Crippen LogP contribution in [0.5, 0.6) is 11.5 Å². The minimum atomic E-state index is -3.89. The second-order valence-corrected chi connectivity index (χ2v) is 8.41. The number of hydrogen-bond acceptors (Lipinski definition) is 5. The van der Waals surface area contributed by atoms with Gasteiger partial charge in [-0.25, -0.2) is 13.1 Å². The van der Waals surface area contributed by atoms with Crippen LogP contribution in [0.3, 0.4) is 0 Å². The van der Waals surface area contributed by atoms with E-state index in [2.05, 4.69) is 11.6 Å². The van der Waals surface area contributed by atoms with E-state index < -0.39 is 15.8 Å². The van der Waals surface area contributed by atoms with Gasteiger partial charge in [0.1, 0.15) is 16.4 Å². The Hall–Kier alpha value is -2.38. The van der Waals surface area contributed by atoms with Gasteiger partial charge in [0.15, 0.2) is 5.78 Å². The molecule has 0 fully saturated rings. The van der Waals surface area contributed by atoms with Gasteiger partial charge < -0.3 is 9.84 Å². The highest BCUT2D eigenvalue weighted by Crippen LogP contribution is 2.32. The SMILES string of the molecule is CCCCCCNS(=O)(=O)c1cc(C(=O)c2ccc(C)cc2)c(O)cc1OC. The quantitative estimate of drug-likeness (QED) is 0.463. The zero-order chi connectivity index (χ0) is 20.7. The molecular formula is C21H27NO5S. The van der Waals surface area contributed by atoms with E-state index >= 15 is 0 Å². The lowest BCUT2D eigenvalue weighted by molar-refractivity contribution is 0.103. The number of carbonyl (C=O) groups excluding carboxylic acids is 1. The molecule has 152 valence electrons. The highest BCUT2D eigenvalue weighted by Gasteiger charge is 2.24. The van der Waals surface area contributed by atoms with Gasteiger partial charge >= 0.3 is 0 Å². The third kappa shape index (κ3) is 5.33. The monoisotopic (exact) mass is 405 g/mol. The lowest BCUT2D eigenvalue weighted by atomic mass is 10.0. The molecule has 0 amide bonds. The number of ketones is 1. The number of aryl methyl sites for hydroxylation is 1. The number of phenolic OH excluding ortho intramolecular Hbond substituents is 1. The number of rotatable bonds is 10. The maximum absolute atomic E-state index is 12.8. The van der Waals surface area contributed by atoms with E-state index in [4.69, 9.17) is 4.74 Å². The third-order valence-corrected chi connectivity index (χ3v) is 5.93. The Morgan fingerprint density at radius 3 is 2.39 bits per heavy atom. The van der Waals surface area contributed by atoms with Gasteiger partial charge in [-0.1, -0.05) is 56.0 Å². The molecule has 0 saturated carbocycles. The van der Waals surface area contributed by atoms with E-state index in [9.17, 15) is 18.3 Å². The molecule has 0 aliphatic carbocycles. The number of hydrogen-bond donors (Lipinski definition) is 2. The smallest absolute Gasteiger partial charge is 0.244 e. The van der Waals surface area contributed by atoms with Gasteiger partial charge in [-0.05, 0) is 19.4 Å². The Morgan fingerprint density at radius 1 is 1.11 bits per heavy atom. The van der Waals surface area contributed by atoms with Crippen LogP contribution in [0.4, 0.5) is 0 Å². The summed E-state index contributed by atoms with van der Waals surface area (Å²) in [5.74, 6) is -0.803. The first-order chi connectivity index (χ1) is 13.3. The Kier molecular flexibility index (Phi) is 7.60. The number of methoxy groups -OCH3 is 1. The first kappa shape index (κ1) is 21.9. The molecule has 0 atom stereocenters. The van der Waals surface area contributed by atoms with Crippen LogP contribution < -0.4 is 9.46 Å². The minimum absolute atomic E-state index is 0.0148. The van der Waals surface area contributed by atoms with E-state index in [0.29, 0.717) is 12.1 Å². The summed E-state index contributed by atoms with van der Waals surface area (Å²) in [4.78, 5) is 12.6. The number of unbranched alkanes of at least 4 members (excludes halogenated alkanes) is 3. The zero-order valence-electron chi connectivity index (χ0n) is 16.5. The van der Waals surface area contributed by atoms with Gasteiger partial charge in [0, 0.05) is 18.2 Å². The highest BCUT2D eigenvalue weighted by atomic mass is 32.2. The van der Waals surface area contributed by atoms with Crippen LogP contribution in [-0.4, -0.2) is 33.0 Å². The van der Waals surface area contributed by atoms with Crippen molar-refractivity contribution < 1.29 is 23.1 Å². The van der Waals surface area contributed by atoms with Crippen LogP contribution in [0, 0.1) is 6.92 Å². The molecule has 7 heteroatoms. The summed E-state index contributed by atoms with van der Waals surface area (Å²) < 4.78 is 33.1. The number of ether oxygens (including phenoxy) is 1. The number of carbonyl (C=O) groups is 1. The van der Waals surface area contributed by atoms with Crippen LogP contribution in [-0.2, 0) is 10.0 Å². The largest absolute Gasteiger partial charge is 0.507 e. The molecule has 2 aromatic carbocycles. The molecule has 0 unspecified atom stereocenters. The van der Waals surface area contributed by atoms with Crippen molar-refractivity contribution in [3.63, 3.8) is 0 Å². The fourth-order valence-electron chi connectivity index (χ4n) is 2.80. The first-order valence-corrected chi connectivity index (χ1v) is 10.8. The van der Waals surface area contributed by atoms with Gasteiger partial charge in [0.05, 0.1) is 12.7 Å². The number of aromatic hydroxyl groups is 1. The highest BCUT2D eigenvalue weighted by molar-refractivity contribution is 7.89. The standard InChI is InChI=1S/C21H27NO5S/c1-4-5-6-7-12-22-28(25,26)20-13-17(18(23)14-19(20)27-3)21(24)16-10-8-15(2)9-11-16/h8-11,13-14,22-23H,4-7,12H2,1-3H3. The van der Waals surface area contributed by atoms with Gasteiger partial charge in [-0.2, -0.15) is 0 Å². The van der Waals surface area contributed by atoms with Gasteiger partial charge in [-0.3, -0.25) is 4.79 Å². The molecule has 0 saturated heterocycles. The third-order valence-electron chi connectivity index (χ3n) is 4.45. The number of nitrogens with one attached hydrogen (secondary N) is 1. The lowest BCUT2D eigenvalue weighted by Crippen LogP contribution is -2.25. The van der Waals surface area contributed by atoms with E-state index in [1.54, 1.807) is 24.3 Å². The zero-order valence-corrected chi connectivity index (χ0v) is 17.3. The minimum Gasteiger partial charge on any atom is -0.507 e. The second-order valence-electron chi connectivity index (χ2n) is 6.67. The van der Waals surface area contributed by atoms with Crippen molar-refractivity contribution in [3.8, 4) is 11.5 Å². The molecule has 6 nitrogen and oxygen atoms in total. The average Bonchev–Trinajstić information content (AvgIpc) is 2.67. The molecular weight excluding hydrogens is 378 g/mol. The van der Waals surface area contributed by atoms with E-state index in [0.717, 1.165) is 37.3 Å². The van der Waals surface area contributed by atoms with E-state index in [1.165, 1.54) is 13.2 Å². The molecule has 2 N–H and O–H groups in total. The fraction of sp³-hybridized carbons (Fsp3) is 0.381. The summed E-state index contributed by atoms with van der Waals surface area (Å²) in [5.41, 5.74) is 1.27. The summed E-state index contributed by atoms with van der Waals surface area (Å²) in [7, 11) is -2.57. The van der Waals surface area contributed by atoms with Crippen molar-refractivity contribution in [1.82, 2.24) is 4.72 Å². The number of sulfonamides is 1. The van der Waals surface area contributed by atoms with Crippen molar-refractivity contribution in [2.24, 2.45) is 0 Å². The maximum Gasteiger partial charge on any atom is 0.244 e. The van der Waals surface area contributed by atoms with E-state index in [-0.39, 0.29) is 22.0 Å². The predicted molar refractivity (Wildman–Crippen MR) is 109 cm³/mol. The van der Waals surface area contributed by atoms with Crippen LogP contribution in [0.25, 0.3) is 0 Å². The normalized spacial score (nSPS) is 11.4. The van der Waals surface area contributed by atoms with Crippen molar-refractivity contribution in [1.29, 1.82) is 0 Å². The number of benzene rings is 2. The summed E-state index contributed by atoms with van der Waals surface area (Å²) in [6.45, 7) is 4.28. The maximum atomic E-state index is 12.8. The Labute approximate surface area is 166 Å². The Morgan fingerprint density at radius 2 is 1.79 bits per heavy atom. The van der Waals surface area contributed by atoms with Crippen LogP contribution in [0.15, 0.2) is 41.3 Å². The fourth-order valence-corrected chi connectivity index (χ4v) is 4.05. The predicted octanol–water partition coefficient (Wildman–Crippen LogP) is 3.80. The van der Waals surface area contributed by atoms with Crippen molar-refractivity contribution in [2.45, 2.75) is 44.4 Å². The molecule has 0 spiro atoms. The van der Waals surface area contributed by atoms with E-state index in [1.807, 2.05) is 6.92 Å². The topological polar surface area (TPSA) is 92.7 Å². The summed E-state index contributed by atoms with van der Waals surface area (Å²) in [5, 5.41) is 10.3. The summed E-state index contributed by atoms with van der Waals surface area (Å²) >= 11 is 0. The molecule has 0 aliphatic rings. The Balaban J connectivity index is 2.35. The molecule has 2 aromatic rings. The van der Waals surface area contributed by atoms with Crippen molar-refractivity contribution in [2.75, 3.05) is 13.7 Å². The molecule has 0 radical (unpaired) electrons. The molecule has 0 aromatic heterocycles. The summed E-state index contributed by atoms with van der Waals surface area (Å²) in [6, 6.07) is 9.17. The van der Waals surface area contributed by atoms with Crippen LogP contribution >= 0.6 is 0 Å². The number of phenols is 1. The van der Waals surface area contributed by atoms with Gasteiger partial charge in [0.2, 0.25) is 10.0 Å². The molecule has 0 heterocycles. The van der Waals surface area contributed by atoms with Crippen molar-refractivity contribution in [3.05, 3.63) is 53.1 Å². The molecule has 0 bridgehead atoms. The first-order valence-electron chi connectivity index (χ1n) is 9.32. The average molecular weight is 406 g/mol.